The average molecular weight is 162 g/mol. The van der Waals surface area contributed by atoms with Crippen molar-refractivity contribution < 1.29 is 0 Å². The second kappa shape index (κ2) is 6.90. The Hall–Kier alpha value is -0.780. The molecule has 0 bridgehead atoms. The van der Waals surface area contributed by atoms with Crippen molar-refractivity contribution in [1.29, 1.82) is 0 Å². The zero-order chi connectivity index (χ0) is 8.49. The first-order valence-corrected chi connectivity index (χ1v) is 4.95. The van der Waals surface area contributed by atoms with Gasteiger partial charge < -0.3 is 0 Å². The lowest BCUT2D eigenvalue weighted by atomic mass is 10.1. The van der Waals surface area contributed by atoms with Gasteiger partial charge in [-0.15, -0.1) is 0 Å². The molecule has 0 fully saturated rings. The third kappa shape index (κ3) is 4.95. The molecule has 1 rings (SSSR count). The Labute approximate surface area is 75.7 Å². The van der Waals surface area contributed by atoms with Crippen LogP contribution in [0.3, 0.4) is 0 Å². The molecule has 0 heterocycles. The molecule has 0 amide bonds. The summed E-state index contributed by atoms with van der Waals surface area (Å²) >= 11 is 0. The molecule has 1 aliphatic carbocycles. The maximum absolute atomic E-state index is 2.31. The summed E-state index contributed by atoms with van der Waals surface area (Å²) in [6, 6.07) is 0. The molecule has 0 radical (unpaired) electrons. The lowest BCUT2D eigenvalue weighted by molar-refractivity contribution is 0.859. The van der Waals surface area contributed by atoms with Crippen molar-refractivity contribution >= 4 is 0 Å². The first-order valence-electron chi connectivity index (χ1n) is 4.95. The minimum Gasteiger partial charge on any atom is -0.0885 e. The van der Waals surface area contributed by atoms with Gasteiger partial charge in [-0.3, -0.25) is 0 Å². The zero-order valence-electron chi connectivity index (χ0n) is 7.71. The monoisotopic (exact) mass is 162 g/mol. The molecule has 0 atom stereocenters. The predicted molar refractivity (Wildman–Crippen MR) is 55.1 cm³/mol. The van der Waals surface area contributed by atoms with Gasteiger partial charge in [0.1, 0.15) is 0 Å². The summed E-state index contributed by atoms with van der Waals surface area (Å²) in [5.74, 6) is 0. The van der Waals surface area contributed by atoms with E-state index in [1.165, 1.54) is 32.1 Å². The third-order valence-corrected chi connectivity index (χ3v) is 2.01. The molecule has 66 valence electrons. The van der Waals surface area contributed by atoms with Crippen molar-refractivity contribution in [1.82, 2.24) is 0 Å². The first-order chi connectivity index (χ1) is 6.00. The van der Waals surface area contributed by atoms with Crippen LogP contribution in [0.1, 0.15) is 38.5 Å². The molecular weight excluding hydrogens is 144 g/mol. The minimum absolute atomic E-state index is 1.11. The summed E-state index contributed by atoms with van der Waals surface area (Å²) in [4.78, 5) is 0. The van der Waals surface area contributed by atoms with E-state index >= 15 is 0 Å². The molecule has 0 heteroatoms. The molecule has 0 aromatic rings. The summed E-state index contributed by atoms with van der Waals surface area (Å²) in [7, 11) is 0. The Morgan fingerprint density at radius 1 is 0.500 bits per heavy atom. The first kappa shape index (κ1) is 9.31. The molecule has 0 unspecified atom stereocenters. The van der Waals surface area contributed by atoms with Gasteiger partial charge in [-0.25, -0.2) is 0 Å². The van der Waals surface area contributed by atoms with E-state index in [0.29, 0.717) is 0 Å². The summed E-state index contributed by atoms with van der Waals surface area (Å²) < 4.78 is 0. The van der Waals surface area contributed by atoms with Crippen LogP contribution in [-0.2, 0) is 0 Å². The molecule has 0 aromatic carbocycles. The van der Waals surface area contributed by atoms with Crippen molar-refractivity contribution in [3.63, 3.8) is 0 Å². The Morgan fingerprint density at radius 2 is 1.00 bits per heavy atom. The van der Waals surface area contributed by atoms with Crippen molar-refractivity contribution in [3.8, 4) is 0 Å². The van der Waals surface area contributed by atoms with Gasteiger partial charge in [0.25, 0.3) is 0 Å². The van der Waals surface area contributed by atoms with E-state index in [1.807, 2.05) is 0 Å². The average Bonchev–Trinajstić information content (AvgIpc) is 2.05. The standard InChI is InChI=1S/C12H18/c1-2-4-6-8-10-12-11-9-7-5-3-1/h1-2,5,7-8,10H,3-4,6,9,11-12H2/b2-1?,7-5+,10-8-. The van der Waals surface area contributed by atoms with Crippen molar-refractivity contribution in [2.75, 3.05) is 0 Å². The Morgan fingerprint density at radius 3 is 1.75 bits per heavy atom. The molecule has 12 heavy (non-hydrogen) atoms. The maximum atomic E-state index is 2.31. The SMILES string of the molecule is C1=CCC/C=C\CCC/C=C/C1. The lowest BCUT2D eigenvalue weighted by Crippen LogP contribution is -1.72. The molecule has 0 spiro atoms. The third-order valence-electron chi connectivity index (χ3n) is 2.01. The van der Waals surface area contributed by atoms with Crippen molar-refractivity contribution in [3.05, 3.63) is 36.5 Å². The predicted octanol–water partition coefficient (Wildman–Crippen LogP) is 4.01. The largest absolute Gasteiger partial charge is 0.0885 e. The second-order valence-corrected chi connectivity index (χ2v) is 3.16. The summed E-state index contributed by atoms with van der Waals surface area (Å²) in [5, 5.41) is 0. The van der Waals surface area contributed by atoms with E-state index in [0.717, 1.165) is 6.42 Å². The Balaban J connectivity index is 2.30. The molecule has 0 saturated heterocycles. The highest BCUT2D eigenvalue weighted by atomic mass is 13.9. The molecule has 0 aliphatic heterocycles. The van der Waals surface area contributed by atoms with Gasteiger partial charge in [0, 0.05) is 0 Å². The van der Waals surface area contributed by atoms with Crippen LogP contribution >= 0.6 is 0 Å². The molecule has 0 nitrogen and oxygen atoms in total. The lowest BCUT2D eigenvalue weighted by Gasteiger charge is -1.92. The summed E-state index contributed by atoms with van der Waals surface area (Å²) in [6.07, 6.45) is 21.0. The van der Waals surface area contributed by atoms with E-state index in [9.17, 15) is 0 Å². The number of rotatable bonds is 0. The fourth-order valence-electron chi connectivity index (χ4n) is 1.29. The van der Waals surface area contributed by atoms with Crippen molar-refractivity contribution in [2.24, 2.45) is 0 Å². The fraction of sp³-hybridized carbons (Fsp3) is 0.500. The van der Waals surface area contributed by atoms with E-state index in [2.05, 4.69) is 36.5 Å². The number of hydrogen-bond donors (Lipinski definition) is 0. The Bertz CT molecular complexity index is 172. The molecule has 1 aliphatic rings. The van der Waals surface area contributed by atoms with Crippen LogP contribution in [0.15, 0.2) is 36.5 Å². The smallest absolute Gasteiger partial charge is 0.0169 e. The minimum atomic E-state index is 1.11. The summed E-state index contributed by atoms with van der Waals surface area (Å²) in [6.45, 7) is 0. The van der Waals surface area contributed by atoms with Gasteiger partial charge in [-0.2, -0.15) is 0 Å². The van der Waals surface area contributed by atoms with Crippen LogP contribution in [0.5, 0.6) is 0 Å². The molecule has 0 N–H and O–H groups in total. The molecule has 0 saturated carbocycles. The second-order valence-electron chi connectivity index (χ2n) is 3.16. The summed E-state index contributed by atoms with van der Waals surface area (Å²) in [5.41, 5.74) is 0. The highest BCUT2D eigenvalue weighted by Crippen LogP contribution is 2.03. The zero-order valence-corrected chi connectivity index (χ0v) is 7.71. The van der Waals surface area contributed by atoms with E-state index in [4.69, 9.17) is 0 Å². The maximum Gasteiger partial charge on any atom is -0.0169 e. The number of hydrogen-bond acceptors (Lipinski definition) is 0. The van der Waals surface area contributed by atoms with E-state index in [-0.39, 0.29) is 0 Å². The fourth-order valence-corrected chi connectivity index (χ4v) is 1.29. The van der Waals surface area contributed by atoms with Gasteiger partial charge in [-0.05, 0) is 38.5 Å². The van der Waals surface area contributed by atoms with Crippen LogP contribution in [0.25, 0.3) is 0 Å². The molecular formula is C12H18. The van der Waals surface area contributed by atoms with Crippen LogP contribution in [0.2, 0.25) is 0 Å². The molecule has 0 aromatic heterocycles. The van der Waals surface area contributed by atoms with Gasteiger partial charge in [0.05, 0.1) is 0 Å². The van der Waals surface area contributed by atoms with E-state index in [1.54, 1.807) is 0 Å². The van der Waals surface area contributed by atoms with Crippen LogP contribution in [-0.4, -0.2) is 0 Å². The topological polar surface area (TPSA) is 0 Å². The number of allylic oxidation sites excluding steroid dienone is 6. The quantitative estimate of drug-likeness (QED) is 0.472. The Kier molecular flexibility index (Phi) is 5.35. The van der Waals surface area contributed by atoms with Gasteiger partial charge >= 0.3 is 0 Å². The highest BCUT2D eigenvalue weighted by molar-refractivity contribution is 4.95. The van der Waals surface area contributed by atoms with Gasteiger partial charge in [0.15, 0.2) is 0 Å². The van der Waals surface area contributed by atoms with Crippen LogP contribution in [0, 0.1) is 0 Å². The van der Waals surface area contributed by atoms with Crippen molar-refractivity contribution in [2.45, 2.75) is 38.5 Å². The van der Waals surface area contributed by atoms with Gasteiger partial charge in [0.2, 0.25) is 0 Å². The van der Waals surface area contributed by atoms with Crippen LogP contribution in [0.4, 0.5) is 0 Å². The van der Waals surface area contributed by atoms with Gasteiger partial charge in [-0.1, -0.05) is 36.5 Å². The van der Waals surface area contributed by atoms with E-state index < -0.39 is 0 Å². The van der Waals surface area contributed by atoms with Crippen LogP contribution < -0.4 is 0 Å². The normalized spacial score (nSPS) is 25.3. The highest BCUT2D eigenvalue weighted by Gasteiger charge is 1.82.